The standard InChI is InChI=1S/C16H28BNO5/c1-11-9-20-10-12(18(11)13(19)21-14(2,3)4)17-22-15(5,6)16(7,8)23-17/h10-11H,9H2,1-8H3. The fourth-order valence-corrected chi connectivity index (χ4v) is 2.39. The van der Waals surface area contributed by atoms with Crippen LogP contribution in [0.1, 0.15) is 55.4 Å². The third-order valence-electron chi connectivity index (χ3n) is 4.35. The second kappa shape index (κ2) is 5.70. The molecule has 0 aliphatic carbocycles. The number of hydrogen-bond acceptors (Lipinski definition) is 5. The van der Waals surface area contributed by atoms with Gasteiger partial charge >= 0.3 is 13.2 Å². The average molecular weight is 325 g/mol. The molecule has 6 nitrogen and oxygen atoms in total. The van der Waals surface area contributed by atoms with Crippen LogP contribution in [-0.2, 0) is 18.8 Å². The molecule has 1 unspecified atom stereocenters. The van der Waals surface area contributed by atoms with E-state index in [0.717, 1.165) is 0 Å². The van der Waals surface area contributed by atoms with Crippen LogP contribution in [0.3, 0.4) is 0 Å². The van der Waals surface area contributed by atoms with Crippen LogP contribution in [0.2, 0.25) is 0 Å². The van der Waals surface area contributed by atoms with Crippen molar-refractivity contribution in [2.45, 2.75) is 78.2 Å². The van der Waals surface area contributed by atoms with Gasteiger partial charge in [0.25, 0.3) is 0 Å². The molecule has 1 fully saturated rings. The van der Waals surface area contributed by atoms with Crippen LogP contribution >= 0.6 is 0 Å². The average Bonchev–Trinajstić information content (AvgIpc) is 2.55. The lowest BCUT2D eigenvalue weighted by atomic mass is 9.83. The van der Waals surface area contributed by atoms with Crippen LogP contribution in [-0.4, -0.2) is 47.6 Å². The molecule has 2 aliphatic rings. The van der Waals surface area contributed by atoms with Crippen molar-refractivity contribution < 1.29 is 23.6 Å². The molecule has 1 saturated heterocycles. The summed E-state index contributed by atoms with van der Waals surface area (Å²) in [5.74, 6) is 0. The molecule has 0 saturated carbocycles. The molecule has 7 heteroatoms. The first-order valence-electron chi connectivity index (χ1n) is 8.03. The van der Waals surface area contributed by atoms with Crippen LogP contribution in [0.25, 0.3) is 0 Å². The van der Waals surface area contributed by atoms with E-state index in [2.05, 4.69) is 0 Å². The van der Waals surface area contributed by atoms with Gasteiger partial charge in [-0.3, -0.25) is 4.90 Å². The van der Waals surface area contributed by atoms with Gasteiger partial charge in [-0.1, -0.05) is 0 Å². The summed E-state index contributed by atoms with van der Waals surface area (Å²) >= 11 is 0. The van der Waals surface area contributed by atoms with E-state index in [0.29, 0.717) is 12.2 Å². The van der Waals surface area contributed by atoms with Crippen molar-refractivity contribution in [3.8, 4) is 0 Å². The van der Waals surface area contributed by atoms with Crippen molar-refractivity contribution in [1.82, 2.24) is 4.90 Å². The Balaban J connectivity index is 2.26. The SMILES string of the molecule is CC1COC=C(B2OC(C)(C)C(C)(C)O2)N1C(=O)OC(C)(C)C. The van der Waals surface area contributed by atoms with E-state index in [1.54, 1.807) is 4.90 Å². The van der Waals surface area contributed by atoms with Gasteiger partial charge in [-0.15, -0.1) is 0 Å². The maximum atomic E-state index is 12.6. The summed E-state index contributed by atoms with van der Waals surface area (Å²) in [4.78, 5) is 14.2. The van der Waals surface area contributed by atoms with Crippen LogP contribution < -0.4 is 0 Å². The molecular weight excluding hydrogens is 297 g/mol. The largest absolute Gasteiger partial charge is 0.515 e. The van der Waals surface area contributed by atoms with E-state index in [1.807, 2.05) is 55.4 Å². The van der Waals surface area contributed by atoms with Gasteiger partial charge in [0.1, 0.15) is 12.2 Å². The Bertz CT molecular complexity index is 493. The molecule has 0 aromatic heterocycles. The lowest BCUT2D eigenvalue weighted by molar-refractivity contribution is 0.00578. The summed E-state index contributed by atoms with van der Waals surface area (Å²) in [5.41, 5.74) is -1.01. The first-order valence-corrected chi connectivity index (χ1v) is 8.03. The lowest BCUT2D eigenvalue weighted by Crippen LogP contribution is -2.49. The minimum atomic E-state index is -0.671. The fraction of sp³-hybridized carbons (Fsp3) is 0.812. The number of hydrogen-bond donors (Lipinski definition) is 0. The van der Waals surface area contributed by atoms with Crippen molar-refractivity contribution in [2.24, 2.45) is 0 Å². The highest BCUT2D eigenvalue weighted by atomic mass is 16.7. The minimum Gasteiger partial charge on any atom is -0.498 e. The highest BCUT2D eigenvalue weighted by molar-refractivity contribution is 6.54. The van der Waals surface area contributed by atoms with Crippen LogP contribution in [0.15, 0.2) is 11.9 Å². The fourth-order valence-electron chi connectivity index (χ4n) is 2.39. The Morgan fingerprint density at radius 1 is 1.26 bits per heavy atom. The maximum absolute atomic E-state index is 12.6. The molecule has 2 aliphatic heterocycles. The van der Waals surface area contributed by atoms with Gasteiger partial charge in [-0.05, 0) is 55.4 Å². The molecule has 23 heavy (non-hydrogen) atoms. The summed E-state index contributed by atoms with van der Waals surface area (Å²) in [6, 6.07) is -0.163. The van der Waals surface area contributed by atoms with Gasteiger partial charge in [-0.25, -0.2) is 4.79 Å². The van der Waals surface area contributed by atoms with Gasteiger partial charge < -0.3 is 18.8 Å². The molecule has 1 amide bonds. The second-order valence-corrected chi connectivity index (χ2v) is 8.16. The number of carbonyl (C=O) groups is 1. The molecular formula is C16H28BNO5. The van der Waals surface area contributed by atoms with Crippen molar-refractivity contribution in [1.29, 1.82) is 0 Å². The monoisotopic (exact) mass is 325 g/mol. The zero-order valence-electron chi connectivity index (χ0n) is 15.4. The molecule has 0 aromatic carbocycles. The Hall–Kier alpha value is -1.21. The first kappa shape index (κ1) is 18.1. The maximum Gasteiger partial charge on any atom is 0.515 e. The van der Waals surface area contributed by atoms with Crippen molar-refractivity contribution >= 4 is 13.2 Å². The molecule has 130 valence electrons. The number of rotatable bonds is 1. The molecule has 0 N–H and O–H groups in total. The zero-order valence-corrected chi connectivity index (χ0v) is 15.4. The van der Waals surface area contributed by atoms with Crippen molar-refractivity contribution in [3.63, 3.8) is 0 Å². The van der Waals surface area contributed by atoms with Gasteiger partial charge in [0, 0.05) is 0 Å². The Morgan fingerprint density at radius 3 is 2.26 bits per heavy atom. The van der Waals surface area contributed by atoms with Crippen LogP contribution in [0, 0.1) is 0 Å². The van der Waals surface area contributed by atoms with Gasteiger partial charge in [-0.2, -0.15) is 0 Å². The molecule has 1 atom stereocenters. The summed E-state index contributed by atoms with van der Waals surface area (Å²) in [7, 11) is -0.671. The topological polar surface area (TPSA) is 57.2 Å². The predicted molar refractivity (Wildman–Crippen MR) is 87.7 cm³/mol. The Kier molecular flexibility index (Phi) is 4.50. The van der Waals surface area contributed by atoms with Gasteiger partial charge in [0.05, 0.1) is 29.1 Å². The molecule has 0 spiro atoms. The van der Waals surface area contributed by atoms with E-state index in [9.17, 15) is 4.79 Å². The summed E-state index contributed by atoms with van der Waals surface area (Å²) in [6.45, 7) is 15.7. The minimum absolute atomic E-state index is 0.163. The van der Waals surface area contributed by atoms with E-state index in [4.69, 9.17) is 18.8 Å². The highest BCUT2D eigenvalue weighted by Crippen LogP contribution is 2.40. The Labute approximate surface area is 139 Å². The molecule has 2 heterocycles. The van der Waals surface area contributed by atoms with E-state index in [1.165, 1.54) is 6.26 Å². The van der Waals surface area contributed by atoms with Gasteiger partial charge in [0.2, 0.25) is 0 Å². The number of carbonyl (C=O) groups excluding carboxylic acids is 1. The predicted octanol–water partition coefficient (Wildman–Crippen LogP) is 3.12. The van der Waals surface area contributed by atoms with Crippen LogP contribution in [0.5, 0.6) is 0 Å². The molecule has 2 rings (SSSR count). The first-order chi connectivity index (χ1) is 10.3. The summed E-state index contributed by atoms with van der Waals surface area (Å²) in [5, 5.41) is 0. The number of ether oxygens (including phenoxy) is 2. The van der Waals surface area contributed by atoms with Crippen molar-refractivity contribution in [2.75, 3.05) is 6.61 Å². The summed E-state index contributed by atoms with van der Waals surface area (Å²) in [6.07, 6.45) is 1.11. The third kappa shape index (κ3) is 3.66. The number of nitrogens with zero attached hydrogens (tertiary/aromatic N) is 1. The van der Waals surface area contributed by atoms with Crippen LogP contribution in [0.4, 0.5) is 4.79 Å². The molecule has 0 radical (unpaired) electrons. The molecule has 0 aromatic rings. The molecule has 0 bridgehead atoms. The van der Waals surface area contributed by atoms with E-state index < -0.39 is 30.0 Å². The summed E-state index contributed by atoms with van der Waals surface area (Å²) < 4.78 is 23.1. The van der Waals surface area contributed by atoms with Crippen molar-refractivity contribution in [3.05, 3.63) is 11.9 Å². The third-order valence-corrected chi connectivity index (χ3v) is 4.35. The Morgan fingerprint density at radius 2 is 1.78 bits per heavy atom. The second-order valence-electron chi connectivity index (χ2n) is 8.16. The number of amides is 1. The van der Waals surface area contributed by atoms with E-state index >= 15 is 0 Å². The lowest BCUT2D eigenvalue weighted by Gasteiger charge is -2.36. The van der Waals surface area contributed by atoms with E-state index in [-0.39, 0.29) is 6.04 Å². The normalized spacial score (nSPS) is 26.6. The highest BCUT2D eigenvalue weighted by Gasteiger charge is 2.55. The van der Waals surface area contributed by atoms with Gasteiger partial charge in [0.15, 0.2) is 0 Å². The quantitative estimate of drug-likeness (QED) is 0.693. The zero-order chi connectivity index (χ0) is 17.6. The smallest absolute Gasteiger partial charge is 0.498 e.